The fourth-order valence-corrected chi connectivity index (χ4v) is 1.12. The number of nitrogens with zero attached hydrogens (tertiary/aromatic N) is 3. The van der Waals surface area contributed by atoms with Crippen molar-refractivity contribution in [3.05, 3.63) is 46.0 Å². The first-order valence-electron chi connectivity index (χ1n) is 4.49. The minimum Gasteiger partial charge on any atom is -0.325 e. The first-order chi connectivity index (χ1) is 8.15. The Bertz CT molecular complexity index is 575. The Morgan fingerprint density at radius 3 is 2.65 bits per heavy atom. The van der Waals surface area contributed by atoms with Crippen LogP contribution < -0.4 is 10.9 Å². The summed E-state index contributed by atoms with van der Waals surface area (Å²) in [6.07, 6.45) is 4.84. The van der Waals surface area contributed by atoms with Crippen molar-refractivity contribution in [2.24, 2.45) is 0 Å². The highest BCUT2D eigenvalue weighted by molar-refractivity contribution is 6.29. The van der Waals surface area contributed by atoms with Crippen LogP contribution in [0.4, 0.5) is 5.82 Å². The molecule has 0 aliphatic carbocycles. The second-order valence-corrected chi connectivity index (χ2v) is 3.36. The average molecular weight is 252 g/mol. The zero-order chi connectivity index (χ0) is 12.3. The van der Waals surface area contributed by atoms with E-state index < -0.39 is 5.91 Å². The Hall–Kier alpha value is -2.28. The Morgan fingerprint density at radius 1 is 1.24 bits per heavy atom. The van der Waals surface area contributed by atoms with E-state index in [1.807, 2.05) is 0 Å². The molecule has 2 aromatic heterocycles. The largest absolute Gasteiger partial charge is 0.325 e. The van der Waals surface area contributed by atoms with Crippen LogP contribution in [0.15, 0.2) is 29.6 Å². The third-order valence-corrected chi connectivity index (χ3v) is 1.96. The lowest BCUT2D eigenvalue weighted by atomic mass is 10.4. The van der Waals surface area contributed by atoms with Gasteiger partial charge in [-0.25, -0.2) is 15.0 Å². The molecular formula is C9H6ClN5O2. The lowest BCUT2D eigenvalue weighted by Gasteiger charge is -2.02. The Kier molecular flexibility index (Phi) is 3.10. The highest BCUT2D eigenvalue weighted by Crippen LogP contribution is 2.06. The number of hydrogen-bond donors (Lipinski definition) is 2. The molecule has 2 aromatic rings. The van der Waals surface area contributed by atoms with Gasteiger partial charge in [0, 0.05) is 6.20 Å². The van der Waals surface area contributed by atoms with Crippen LogP contribution in [-0.2, 0) is 0 Å². The van der Waals surface area contributed by atoms with Gasteiger partial charge in [-0.1, -0.05) is 11.6 Å². The predicted octanol–water partition coefficient (Wildman–Crippen LogP) is 0.466. The molecule has 2 rings (SSSR count). The molecule has 1 amide bonds. The van der Waals surface area contributed by atoms with E-state index in [-0.39, 0.29) is 22.2 Å². The van der Waals surface area contributed by atoms with Crippen LogP contribution in [-0.4, -0.2) is 25.8 Å². The number of hydrogen-bond acceptors (Lipinski definition) is 5. The van der Waals surface area contributed by atoms with Crippen molar-refractivity contribution in [2.75, 3.05) is 5.32 Å². The first kappa shape index (κ1) is 11.2. The molecule has 0 aromatic carbocycles. The quantitative estimate of drug-likeness (QED) is 0.808. The molecule has 0 spiro atoms. The summed E-state index contributed by atoms with van der Waals surface area (Å²) in [5.74, 6) is -0.259. The van der Waals surface area contributed by atoms with Crippen LogP contribution in [0.25, 0.3) is 0 Å². The maximum atomic E-state index is 11.6. The summed E-state index contributed by atoms with van der Waals surface area (Å²) in [6.45, 7) is 0. The Balaban J connectivity index is 2.14. The highest BCUT2D eigenvalue weighted by atomic mass is 35.5. The number of aromatic nitrogens is 4. The molecule has 0 radical (unpaired) electrons. The molecular weight excluding hydrogens is 246 g/mol. The molecule has 0 bridgehead atoms. The number of H-pyrrole nitrogens is 1. The monoisotopic (exact) mass is 251 g/mol. The summed E-state index contributed by atoms with van der Waals surface area (Å²) in [5, 5.41) is 2.68. The third-order valence-electron chi connectivity index (χ3n) is 1.77. The van der Waals surface area contributed by atoms with E-state index in [0.717, 1.165) is 6.20 Å². The molecule has 8 heteroatoms. The maximum Gasteiger partial charge on any atom is 0.276 e. The number of nitrogens with one attached hydrogen (secondary N) is 2. The van der Waals surface area contributed by atoms with Gasteiger partial charge in [-0.3, -0.25) is 9.59 Å². The topological polar surface area (TPSA) is 101 Å². The van der Waals surface area contributed by atoms with Crippen molar-refractivity contribution in [2.45, 2.75) is 0 Å². The van der Waals surface area contributed by atoms with E-state index in [0.29, 0.717) is 0 Å². The van der Waals surface area contributed by atoms with E-state index in [1.165, 1.54) is 18.6 Å². The van der Waals surface area contributed by atoms with Crippen LogP contribution in [0, 0.1) is 0 Å². The number of rotatable bonds is 2. The number of halogens is 1. The van der Waals surface area contributed by atoms with Gasteiger partial charge in [-0.2, -0.15) is 0 Å². The van der Waals surface area contributed by atoms with Crippen LogP contribution >= 0.6 is 11.6 Å². The smallest absolute Gasteiger partial charge is 0.276 e. The van der Waals surface area contributed by atoms with Crippen molar-refractivity contribution < 1.29 is 4.79 Å². The summed E-state index contributed by atoms with van der Waals surface area (Å²) >= 11 is 5.54. The number of anilines is 1. The zero-order valence-corrected chi connectivity index (χ0v) is 9.10. The SMILES string of the molecule is O=C(Nc1cnc(Cl)cn1)c1c[nH]c(=O)cn1. The summed E-state index contributed by atoms with van der Waals surface area (Å²) < 4.78 is 0. The van der Waals surface area contributed by atoms with Gasteiger partial charge >= 0.3 is 0 Å². The Morgan fingerprint density at radius 2 is 2.06 bits per heavy atom. The molecule has 2 N–H and O–H groups in total. The fourth-order valence-electron chi connectivity index (χ4n) is 1.02. The number of carbonyl (C=O) groups is 1. The molecule has 2 heterocycles. The summed E-state index contributed by atoms with van der Waals surface area (Å²) in [7, 11) is 0. The molecule has 7 nitrogen and oxygen atoms in total. The highest BCUT2D eigenvalue weighted by Gasteiger charge is 2.08. The van der Waals surface area contributed by atoms with Crippen LogP contribution in [0.3, 0.4) is 0 Å². The summed E-state index contributed by atoms with van der Waals surface area (Å²) in [6, 6.07) is 0. The standard InChI is InChI=1S/C9H6ClN5O2/c10-6-2-13-7(3-12-6)15-9(17)5-1-14-8(16)4-11-5/h1-4H,(H,14,16)(H,13,15,17). The zero-order valence-electron chi connectivity index (χ0n) is 8.35. The van der Waals surface area contributed by atoms with E-state index >= 15 is 0 Å². The number of carbonyl (C=O) groups excluding carboxylic acids is 1. The van der Waals surface area contributed by atoms with Gasteiger partial charge in [0.1, 0.15) is 10.8 Å². The molecule has 0 saturated heterocycles. The maximum absolute atomic E-state index is 11.6. The second kappa shape index (κ2) is 4.71. The third kappa shape index (κ3) is 2.85. The van der Waals surface area contributed by atoms with E-state index in [2.05, 4.69) is 25.3 Å². The van der Waals surface area contributed by atoms with Gasteiger partial charge in [0.05, 0.1) is 18.6 Å². The lowest BCUT2D eigenvalue weighted by molar-refractivity contribution is 0.102. The van der Waals surface area contributed by atoms with E-state index in [1.54, 1.807) is 0 Å². The predicted molar refractivity (Wildman–Crippen MR) is 59.9 cm³/mol. The molecule has 17 heavy (non-hydrogen) atoms. The molecule has 0 fully saturated rings. The van der Waals surface area contributed by atoms with Gasteiger partial charge in [-0.15, -0.1) is 0 Å². The summed E-state index contributed by atoms with van der Waals surface area (Å²) in [5.41, 5.74) is -0.311. The van der Waals surface area contributed by atoms with Crippen molar-refractivity contribution in [1.29, 1.82) is 0 Å². The van der Waals surface area contributed by atoms with E-state index in [9.17, 15) is 9.59 Å². The Labute approximate surface area is 99.9 Å². The van der Waals surface area contributed by atoms with Gasteiger partial charge in [0.25, 0.3) is 11.5 Å². The molecule has 86 valence electrons. The van der Waals surface area contributed by atoms with Crippen molar-refractivity contribution in [1.82, 2.24) is 19.9 Å². The van der Waals surface area contributed by atoms with Crippen LogP contribution in [0.5, 0.6) is 0 Å². The van der Waals surface area contributed by atoms with Crippen molar-refractivity contribution >= 4 is 23.3 Å². The van der Waals surface area contributed by atoms with Crippen molar-refractivity contribution in [3.63, 3.8) is 0 Å². The summed E-state index contributed by atoms with van der Waals surface area (Å²) in [4.78, 5) is 36.0. The molecule has 0 saturated carbocycles. The first-order valence-corrected chi connectivity index (χ1v) is 4.86. The number of aromatic amines is 1. The van der Waals surface area contributed by atoms with Crippen LogP contribution in [0.2, 0.25) is 5.15 Å². The van der Waals surface area contributed by atoms with E-state index in [4.69, 9.17) is 11.6 Å². The number of amides is 1. The fraction of sp³-hybridized carbons (Fsp3) is 0. The van der Waals surface area contributed by atoms with Gasteiger partial charge < -0.3 is 10.3 Å². The van der Waals surface area contributed by atoms with Crippen LogP contribution in [0.1, 0.15) is 10.5 Å². The molecule has 0 unspecified atom stereocenters. The molecule has 0 atom stereocenters. The average Bonchev–Trinajstić information content (AvgIpc) is 2.33. The minimum absolute atomic E-state index is 0.0707. The van der Waals surface area contributed by atoms with Gasteiger partial charge in [0.15, 0.2) is 5.82 Å². The molecule has 0 aliphatic rings. The van der Waals surface area contributed by atoms with Crippen molar-refractivity contribution in [3.8, 4) is 0 Å². The van der Waals surface area contributed by atoms with Gasteiger partial charge in [0.2, 0.25) is 0 Å². The van der Waals surface area contributed by atoms with Gasteiger partial charge in [-0.05, 0) is 0 Å². The lowest BCUT2D eigenvalue weighted by Crippen LogP contribution is -2.17. The second-order valence-electron chi connectivity index (χ2n) is 2.97. The molecule has 0 aliphatic heterocycles. The minimum atomic E-state index is -0.502. The normalized spacial score (nSPS) is 9.94.